The number of alkyl halides is 4. The Hall–Kier alpha value is -1.49. The van der Waals surface area contributed by atoms with Gasteiger partial charge in [0.25, 0.3) is 0 Å². The summed E-state index contributed by atoms with van der Waals surface area (Å²) in [6.45, 7) is 0. The molecule has 106 valence electrons. The van der Waals surface area contributed by atoms with E-state index >= 15 is 0 Å². The van der Waals surface area contributed by atoms with Crippen LogP contribution < -0.4 is 0 Å². The molecule has 0 aliphatic rings. The molecule has 0 spiro atoms. The number of hydrogen-bond acceptors (Lipinski definition) is 1. The molecule has 0 heterocycles. The third-order valence-corrected chi connectivity index (χ3v) is 3.84. The number of halogens is 4. The smallest absolute Gasteiger partial charge is 0.203 e. The van der Waals surface area contributed by atoms with Gasteiger partial charge in [-0.3, -0.25) is 0 Å². The summed E-state index contributed by atoms with van der Waals surface area (Å²) >= 11 is 1.47. The van der Waals surface area contributed by atoms with E-state index in [0.29, 0.717) is 5.75 Å². The first kappa shape index (κ1) is 14.9. The highest BCUT2D eigenvalue weighted by molar-refractivity contribution is 7.98. The van der Waals surface area contributed by atoms with Crippen LogP contribution in [0.3, 0.4) is 0 Å². The van der Waals surface area contributed by atoms with E-state index in [9.17, 15) is 17.6 Å². The maximum absolute atomic E-state index is 13.1. The van der Waals surface area contributed by atoms with Crippen molar-refractivity contribution in [2.45, 2.75) is 23.0 Å². The summed E-state index contributed by atoms with van der Waals surface area (Å²) in [5.74, 6) is -3.39. The fourth-order valence-electron chi connectivity index (χ4n) is 1.64. The van der Waals surface area contributed by atoms with Crippen molar-refractivity contribution in [3.05, 3.63) is 65.7 Å². The lowest BCUT2D eigenvalue weighted by atomic mass is 10.1. The van der Waals surface area contributed by atoms with Gasteiger partial charge in [-0.15, -0.1) is 11.8 Å². The summed E-state index contributed by atoms with van der Waals surface area (Å²) in [5.41, 5.74) is 0.455. The molecule has 0 aliphatic carbocycles. The van der Waals surface area contributed by atoms with Crippen molar-refractivity contribution < 1.29 is 17.6 Å². The lowest BCUT2D eigenvalue weighted by Gasteiger charge is -2.15. The second-order valence-corrected chi connectivity index (χ2v) is 5.27. The molecular formula is C15H12F4S. The number of rotatable bonds is 5. The molecule has 20 heavy (non-hydrogen) atoms. The van der Waals surface area contributed by atoms with E-state index in [1.807, 2.05) is 30.3 Å². The molecule has 0 fully saturated rings. The Bertz CT molecular complexity index is 538. The predicted molar refractivity (Wildman–Crippen MR) is 72.3 cm³/mol. The number of benzene rings is 2. The van der Waals surface area contributed by atoms with Crippen molar-refractivity contribution in [3.63, 3.8) is 0 Å². The van der Waals surface area contributed by atoms with Crippen molar-refractivity contribution >= 4 is 11.8 Å². The average Bonchev–Trinajstić information content (AvgIpc) is 2.46. The molecule has 0 atom stereocenters. The van der Waals surface area contributed by atoms with Crippen LogP contribution in [0.25, 0.3) is 0 Å². The molecule has 0 saturated carbocycles. The topological polar surface area (TPSA) is 0 Å². The monoisotopic (exact) mass is 300 g/mol. The van der Waals surface area contributed by atoms with E-state index in [-0.39, 0.29) is 0 Å². The molecule has 0 saturated heterocycles. The standard InChI is InChI=1S/C15H12F4S/c16-14(17)15(18,19)12-6-8-13(9-7-12)20-10-11-4-2-1-3-5-11/h1-9,14H,10H2. The normalized spacial score (nSPS) is 11.8. The Morgan fingerprint density at radius 2 is 1.50 bits per heavy atom. The zero-order valence-electron chi connectivity index (χ0n) is 10.4. The largest absolute Gasteiger partial charge is 0.332 e. The molecule has 2 rings (SSSR count). The predicted octanol–water partition coefficient (Wildman–Crippen LogP) is 5.34. The zero-order chi connectivity index (χ0) is 14.6. The van der Waals surface area contributed by atoms with Crippen LogP contribution >= 0.6 is 11.8 Å². The van der Waals surface area contributed by atoms with Crippen LogP contribution in [0.2, 0.25) is 0 Å². The molecule has 0 aromatic heterocycles. The highest BCUT2D eigenvalue weighted by Crippen LogP contribution is 2.35. The average molecular weight is 300 g/mol. The van der Waals surface area contributed by atoms with Gasteiger partial charge >= 0.3 is 12.3 Å². The first-order chi connectivity index (χ1) is 9.50. The van der Waals surface area contributed by atoms with Crippen LogP contribution in [0.4, 0.5) is 17.6 Å². The van der Waals surface area contributed by atoms with Crippen LogP contribution in [0.1, 0.15) is 11.1 Å². The summed E-state index contributed by atoms with van der Waals surface area (Å²) in [7, 11) is 0. The fourth-order valence-corrected chi connectivity index (χ4v) is 2.49. The minimum atomic E-state index is -4.09. The van der Waals surface area contributed by atoms with Gasteiger partial charge in [0.1, 0.15) is 0 Å². The molecule has 2 aromatic carbocycles. The van der Waals surface area contributed by atoms with E-state index in [2.05, 4.69) is 0 Å². The van der Waals surface area contributed by atoms with Crippen molar-refractivity contribution in [2.24, 2.45) is 0 Å². The molecule has 5 heteroatoms. The first-order valence-electron chi connectivity index (χ1n) is 5.93. The first-order valence-corrected chi connectivity index (χ1v) is 6.92. The molecule has 0 nitrogen and oxygen atoms in total. The van der Waals surface area contributed by atoms with Crippen LogP contribution in [0.15, 0.2) is 59.5 Å². The van der Waals surface area contributed by atoms with E-state index in [1.54, 1.807) is 0 Å². The van der Waals surface area contributed by atoms with E-state index in [4.69, 9.17) is 0 Å². The third kappa shape index (κ3) is 3.54. The summed E-state index contributed by atoms with van der Waals surface area (Å²) in [6, 6.07) is 14.7. The van der Waals surface area contributed by atoms with Gasteiger partial charge in [0.15, 0.2) is 0 Å². The summed E-state index contributed by atoms with van der Waals surface area (Å²) < 4.78 is 50.6. The maximum atomic E-state index is 13.1. The van der Waals surface area contributed by atoms with Gasteiger partial charge in [0.2, 0.25) is 0 Å². The summed E-state index contributed by atoms with van der Waals surface area (Å²) in [6.07, 6.45) is -3.69. The van der Waals surface area contributed by atoms with Crippen LogP contribution in [0, 0.1) is 0 Å². The van der Waals surface area contributed by atoms with Crippen molar-refractivity contribution in [2.75, 3.05) is 0 Å². The molecule has 2 aromatic rings. The molecule has 0 radical (unpaired) electrons. The molecule has 0 bridgehead atoms. The van der Waals surface area contributed by atoms with E-state index in [0.717, 1.165) is 22.6 Å². The number of hydrogen-bond donors (Lipinski definition) is 0. The fraction of sp³-hybridized carbons (Fsp3) is 0.200. The third-order valence-electron chi connectivity index (χ3n) is 2.76. The maximum Gasteiger partial charge on any atom is 0.332 e. The van der Waals surface area contributed by atoms with Gasteiger partial charge in [-0.1, -0.05) is 42.5 Å². The second-order valence-electron chi connectivity index (χ2n) is 4.22. The van der Waals surface area contributed by atoms with Crippen molar-refractivity contribution in [1.82, 2.24) is 0 Å². The molecule has 0 unspecified atom stereocenters. The second kappa shape index (κ2) is 6.31. The molecular weight excluding hydrogens is 288 g/mol. The van der Waals surface area contributed by atoms with E-state index in [1.165, 1.54) is 23.9 Å². The van der Waals surface area contributed by atoms with E-state index < -0.39 is 17.9 Å². The summed E-state index contributed by atoms with van der Waals surface area (Å²) in [4.78, 5) is 0.766. The van der Waals surface area contributed by atoms with Crippen LogP contribution in [-0.4, -0.2) is 6.43 Å². The van der Waals surface area contributed by atoms with Gasteiger partial charge in [-0.25, -0.2) is 8.78 Å². The van der Waals surface area contributed by atoms with Crippen LogP contribution in [0.5, 0.6) is 0 Å². The molecule has 0 N–H and O–H groups in total. The highest BCUT2D eigenvalue weighted by atomic mass is 32.2. The Kier molecular flexibility index (Phi) is 4.70. The van der Waals surface area contributed by atoms with Crippen LogP contribution in [-0.2, 0) is 11.7 Å². The zero-order valence-corrected chi connectivity index (χ0v) is 11.2. The quantitative estimate of drug-likeness (QED) is 0.531. The Morgan fingerprint density at radius 3 is 2.05 bits per heavy atom. The van der Waals surface area contributed by atoms with Crippen molar-refractivity contribution in [1.29, 1.82) is 0 Å². The molecule has 0 amide bonds. The Labute approximate surface area is 118 Å². The lowest BCUT2D eigenvalue weighted by molar-refractivity contribution is -0.135. The summed E-state index contributed by atoms with van der Waals surface area (Å²) in [5, 5.41) is 0. The Morgan fingerprint density at radius 1 is 0.900 bits per heavy atom. The van der Waals surface area contributed by atoms with Gasteiger partial charge in [-0.05, 0) is 17.7 Å². The highest BCUT2D eigenvalue weighted by Gasteiger charge is 2.42. The minimum absolute atomic E-state index is 0.656. The van der Waals surface area contributed by atoms with Gasteiger partial charge in [0.05, 0.1) is 0 Å². The van der Waals surface area contributed by atoms with Gasteiger partial charge in [0, 0.05) is 16.2 Å². The minimum Gasteiger partial charge on any atom is -0.203 e. The molecule has 0 aliphatic heterocycles. The Balaban J connectivity index is 2.02. The SMILES string of the molecule is FC(F)C(F)(F)c1ccc(SCc2ccccc2)cc1. The van der Waals surface area contributed by atoms with Gasteiger partial charge < -0.3 is 0 Å². The van der Waals surface area contributed by atoms with Gasteiger partial charge in [-0.2, -0.15) is 8.78 Å². The number of thioether (sulfide) groups is 1. The lowest BCUT2D eigenvalue weighted by Crippen LogP contribution is -2.23. The van der Waals surface area contributed by atoms with Crippen molar-refractivity contribution in [3.8, 4) is 0 Å².